The first-order chi connectivity index (χ1) is 12.6. The molecule has 134 valence electrons. The fraction of sp³-hybridized carbons (Fsp3) is 0.333. The lowest BCUT2D eigenvalue weighted by molar-refractivity contribution is -0.122. The van der Waals surface area contributed by atoms with Crippen molar-refractivity contribution in [3.8, 4) is 21.1 Å². The van der Waals surface area contributed by atoms with Crippen LogP contribution in [0.15, 0.2) is 47.8 Å². The minimum atomic E-state index is -0.0346. The average Bonchev–Trinajstić information content (AvgIpc) is 3.36. The number of benzene rings is 1. The van der Waals surface area contributed by atoms with Gasteiger partial charge < -0.3 is 5.32 Å². The maximum atomic E-state index is 12.7. The van der Waals surface area contributed by atoms with Gasteiger partial charge in [0.1, 0.15) is 5.01 Å². The third-order valence-electron chi connectivity index (χ3n) is 4.94. The number of amides is 1. The lowest BCUT2D eigenvalue weighted by Crippen LogP contribution is -2.44. The molecule has 0 aliphatic heterocycles. The molecule has 0 bridgehead atoms. The van der Waals surface area contributed by atoms with Crippen LogP contribution in [0, 0.1) is 0 Å². The number of hydrogen-bond donors (Lipinski definition) is 1. The summed E-state index contributed by atoms with van der Waals surface area (Å²) in [6, 6.07) is 14.3. The Balaban J connectivity index is 1.61. The predicted molar refractivity (Wildman–Crippen MR) is 110 cm³/mol. The van der Waals surface area contributed by atoms with Crippen LogP contribution >= 0.6 is 22.7 Å². The van der Waals surface area contributed by atoms with Crippen molar-refractivity contribution >= 4 is 28.6 Å². The van der Waals surface area contributed by atoms with Crippen LogP contribution in [0.2, 0.25) is 0 Å². The molecular weight excluding hydrogens is 360 g/mol. The Morgan fingerprint density at radius 3 is 2.62 bits per heavy atom. The van der Waals surface area contributed by atoms with Gasteiger partial charge in [-0.1, -0.05) is 49.2 Å². The minimum absolute atomic E-state index is 0.0346. The average molecular weight is 383 g/mol. The zero-order chi connectivity index (χ0) is 18.0. The Labute approximate surface area is 162 Å². The van der Waals surface area contributed by atoms with Crippen LogP contribution < -0.4 is 5.32 Å². The molecule has 0 atom stereocenters. The molecule has 26 heavy (non-hydrogen) atoms. The van der Waals surface area contributed by atoms with E-state index in [1.165, 1.54) is 12.8 Å². The maximum Gasteiger partial charge on any atom is 0.225 e. The Bertz CT molecular complexity index is 878. The van der Waals surface area contributed by atoms with Crippen molar-refractivity contribution < 1.29 is 4.79 Å². The second kappa shape index (κ2) is 7.33. The van der Waals surface area contributed by atoms with Crippen LogP contribution in [0.4, 0.5) is 0 Å². The van der Waals surface area contributed by atoms with E-state index in [2.05, 4.69) is 35.8 Å². The van der Waals surface area contributed by atoms with Crippen molar-refractivity contribution in [1.29, 1.82) is 0 Å². The van der Waals surface area contributed by atoms with Crippen LogP contribution in [-0.4, -0.2) is 16.4 Å². The normalized spacial score (nSPS) is 15.9. The van der Waals surface area contributed by atoms with Crippen molar-refractivity contribution in [2.24, 2.45) is 0 Å². The number of aromatic nitrogens is 1. The molecule has 2 heterocycles. The molecule has 0 radical (unpaired) electrons. The molecule has 3 nitrogen and oxygen atoms in total. The van der Waals surface area contributed by atoms with E-state index in [1.54, 1.807) is 22.7 Å². The number of rotatable bonds is 5. The monoisotopic (exact) mass is 382 g/mol. The van der Waals surface area contributed by atoms with Gasteiger partial charge in [-0.15, -0.1) is 22.7 Å². The molecule has 1 fully saturated rings. The van der Waals surface area contributed by atoms with Gasteiger partial charge in [-0.05, 0) is 31.2 Å². The number of nitrogens with zero attached hydrogens (tertiary/aromatic N) is 1. The Kier molecular flexibility index (Phi) is 4.92. The second-order valence-electron chi connectivity index (χ2n) is 7.13. The number of hydrogen-bond acceptors (Lipinski definition) is 4. The van der Waals surface area contributed by atoms with Gasteiger partial charge in [0.2, 0.25) is 5.91 Å². The van der Waals surface area contributed by atoms with E-state index in [4.69, 9.17) is 4.98 Å². The zero-order valence-corrected chi connectivity index (χ0v) is 16.5. The Morgan fingerprint density at radius 1 is 1.15 bits per heavy atom. The number of carbonyl (C=O) groups excluding carboxylic acids is 1. The molecule has 0 spiro atoms. The lowest BCUT2D eigenvalue weighted by Gasteiger charge is -2.25. The molecule has 4 rings (SSSR count). The molecule has 2 aromatic heterocycles. The fourth-order valence-electron chi connectivity index (χ4n) is 3.59. The van der Waals surface area contributed by atoms with Crippen LogP contribution in [0.5, 0.6) is 0 Å². The third kappa shape index (κ3) is 3.74. The summed E-state index contributed by atoms with van der Waals surface area (Å²) < 4.78 is 0. The first-order valence-corrected chi connectivity index (χ1v) is 10.7. The number of thiophene rings is 1. The van der Waals surface area contributed by atoms with Crippen molar-refractivity contribution in [2.75, 3.05) is 0 Å². The Morgan fingerprint density at radius 2 is 1.92 bits per heavy atom. The first kappa shape index (κ1) is 17.4. The smallest absolute Gasteiger partial charge is 0.225 e. The zero-order valence-electron chi connectivity index (χ0n) is 14.8. The van der Waals surface area contributed by atoms with Gasteiger partial charge in [-0.25, -0.2) is 4.98 Å². The molecule has 1 N–H and O–H groups in total. The summed E-state index contributed by atoms with van der Waals surface area (Å²) >= 11 is 3.30. The van der Waals surface area contributed by atoms with Gasteiger partial charge in [-0.2, -0.15) is 0 Å². The fourth-order valence-corrected chi connectivity index (χ4v) is 5.47. The summed E-state index contributed by atoms with van der Waals surface area (Å²) in [5.41, 5.74) is 2.02. The predicted octanol–water partition coefficient (Wildman–Crippen LogP) is 5.53. The summed E-state index contributed by atoms with van der Waals surface area (Å²) in [5, 5.41) is 6.30. The molecular formula is C21H22N2OS2. The van der Waals surface area contributed by atoms with E-state index in [1.807, 2.05) is 24.3 Å². The van der Waals surface area contributed by atoms with E-state index in [0.29, 0.717) is 6.42 Å². The van der Waals surface area contributed by atoms with Crippen LogP contribution in [-0.2, 0) is 11.2 Å². The molecule has 1 aliphatic carbocycles. The number of nitrogens with one attached hydrogen (secondary N) is 1. The van der Waals surface area contributed by atoms with Crippen molar-refractivity contribution in [3.05, 3.63) is 52.7 Å². The summed E-state index contributed by atoms with van der Waals surface area (Å²) in [7, 11) is 0. The highest BCUT2D eigenvalue weighted by atomic mass is 32.1. The highest BCUT2D eigenvalue weighted by molar-refractivity contribution is 7.17. The molecule has 0 saturated heterocycles. The largest absolute Gasteiger partial charge is 0.351 e. The van der Waals surface area contributed by atoms with Gasteiger partial charge in [0.15, 0.2) is 0 Å². The molecule has 0 unspecified atom stereocenters. The summed E-state index contributed by atoms with van der Waals surface area (Å²) in [4.78, 5) is 19.8. The number of carbonyl (C=O) groups is 1. The molecule has 1 aliphatic rings. The van der Waals surface area contributed by atoms with Crippen LogP contribution in [0.3, 0.4) is 0 Å². The molecule has 5 heteroatoms. The summed E-state index contributed by atoms with van der Waals surface area (Å²) in [5.74, 6) is 0.107. The minimum Gasteiger partial charge on any atom is -0.351 e. The van der Waals surface area contributed by atoms with Gasteiger partial charge >= 0.3 is 0 Å². The quantitative estimate of drug-likeness (QED) is 0.630. The van der Waals surface area contributed by atoms with Gasteiger partial charge in [0.25, 0.3) is 0 Å². The highest BCUT2D eigenvalue weighted by Gasteiger charge is 2.30. The van der Waals surface area contributed by atoms with Crippen LogP contribution in [0.25, 0.3) is 21.1 Å². The molecule has 1 aromatic carbocycles. The third-order valence-corrected chi connectivity index (χ3v) is 6.92. The van der Waals surface area contributed by atoms with Crippen molar-refractivity contribution in [2.45, 2.75) is 44.6 Å². The van der Waals surface area contributed by atoms with E-state index in [0.717, 1.165) is 38.9 Å². The summed E-state index contributed by atoms with van der Waals surface area (Å²) in [6.45, 7) is 2.17. The van der Waals surface area contributed by atoms with E-state index in [-0.39, 0.29) is 11.4 Å². The van der Waals surface area contributed by atoms with Gasteiger partial charge in [0, 0.05) is 16.0 Å². The van der Waals surface area contributed by atoms with Gasteiger partial charge in [-0.3, -0.25) is 4.79 Å². The van der Waals surface area contributed by atoms with Crippen molar-refractivity contribution in [3.63, 3.8) is 0 Å². The molecule has 1 amide bonds. The van der Waals surface area contributed by atoms with Gasteiger partial charge in [0.05, 0.1) is 17.0 Å². The highest BCUT2D eigenvalue weighted by Crippen LogP contribution is 2.36. The van der Waals surface area contributed by atoms with E-state index in [9.17, 15) is 4.79 Å². The molecule has 1 saturated carbocycles. The lowest BCUT2D eigenvalue weighted by atomic mass is 10.0. The SMILES string of the molecule is CC1(NC(=O)Cc2sc(-c3ccccc3)nc2-c2cccs2)CCCC1. The maximum absolute atomic E-state index is 12.7. The Hall–Kier alpha value is -1.98. The van der Waals surface area contributed by atoms with E-state index < -0.39 is 0 Å². The standard InChI is InChI=1S/C21H22N2OS2/c1-21(11-5-6-12-21)23-18(24)14-17-19(16-10-7-13-25-16)22-20(26-17)15-8-3-2-4-9-15/h2-4,7-10,13H,5-6,11-12,14H2,1H3,(H,23,24). The van der Waals surface area contributed by atoms with E-state index >= 15 is 0 Å². The number of thiazole rings is 1. The summed E-state index contributed by atoms with van der Waals surface area (Å²) in [6.07, 6.45) is 4.96. The second-order valence-corrected chi connectivity index (χ2v) is 9.16. The van der Waals surface area contributed by atoms with Crippen LogP contribution in [0.1, 0.15) is 37.5 Å². The molecule has 3 aromatic rings. The first-order valence-electron chi connectivity index (χ1n) is 9.03. The topological polar surface area (TPSA) is 42.0 Å². The van der Waals surface area contributed by atoms with Crippen molar-refractivity contribution in [1.82, 2.24) is 10.3 Å².